The Morgan fingerprint density at radius 2 is 2.36 bits per heavy atom. The van der Waals surface area contributed by atoms with E-state index in [4.69, 9.17) is 21.1 Å². The Bertz CT molecular complexity index is 794. The molecular weight excluding hydrogens is 344 g/mol. The third-order valence-electron chi connectivity index (χ3n) is 4.69. The van der Waals surface area contributed by atoms with Crippen LogP contribution >= 0.6 is 11.6 Å². The highest BCUT2D eigenvalue weighted by Crippen LogP contribution is 2.31. The lowest BCUT2D eigenvalue weighted by Crippen LogP contribution is -2.49. The number of carbonyl (C=O) groups is 1. The largest absolute Gasteiger partial charge is 0.492 e. The molecule has 0 radical (unpaired) electrons. The number of amides is 1. The summed E-state index contributed by atoms with van der Waals surface area (Å²) in [5.74, 6) is 0.544. The maximum Gasteiger partial charge on any atom is 0.253 e. The summed E-state index contributed by atoms with van der Waals surface area (Å²) in [4.78, 5) is 14.7. The number of fused-ring (bicyclic) bond motifs is 3. The summed E-state index contributed by atoms with van der Waals surface area (Å²) >= 11 is 6.22. The molecule has 1 aromatic heterocycles. The van der Waals surface area contributed by atoms with Crippen LogP contribution in [0.4, 0.5) is 0 Å². The highest BCUT2D eigenvalue weighted by molar-refractivity contribution is 6.32. The maximum atomic E-state index is 12.9. The van der Waals surface area contributed by atoms with E-state index in [1.165, 1.54) is 0 Å². The zero-order valence-electron chi connectivity index (χ0n) is 13.9. The van der Waals surface area contributed by atoms with E-state index >= 15 is 0 Å². The van der Waals surface area contributed by atoms with E-state index < -0.39 is 0 Å². The van der Waals surface area contributed by atoms with Crippen molar-refractivity contribution in [2.75, 3.05) is 19.7 Å². The van der Waals surface area contributed by atoms with Crippen molar-refractivity contribution in [2.24, 2.45) is 0 Å². The van der Waals surface area contributed by atoms with Gasteiger partial charge in [-0.1, -0.05) is 16.8 Å². The van der Waals surface area contributed by atoms with Gasteiger partial charge in [-0.2, -0.15) is 0 Å². The number of nitrogens with zero attached hydrogens (tertiary/aromatic N) is 4. The van der Waals surface area contributed by atoms with Gasteiger partial charge in [-0.3, -0.25) is 4.79 Å². The summed E-state index contributed by atoms with van der Waals surface area (Å²) < 4.78 is 13.2. The summed E-state index contributed by atoms with van der Waals surface area (Å²) in [5.41, 5.74) is 1.50. The van der Waals surface area contributed by atoms with Crippen LogP contribution in [0.5, 0.6) is 5.75 Å². The molecule has 0 N–H and O–H groups in total. The second kappa shape index (κ2) is 6.65. The van der Waals surface area contributed by atoms with Crippen LogP contribution in [0.3, 0.4) is 0 Å². The lowest BCUT2D eigenvalue weighted by Gasteiger charge is -2.41. The van der Waals surface area contributed by atoms with Crippen molar-refractivity contribution in [1.82, 2.24) is 19.9 Å². The number of rotatable bonds is 3. The van der Waals surface area contributed by atoms with Crippen molar-refractivity contribution in [3.63, 3.8) is 0 Å². The number of carbonyl (C=O) groups excluding carboxylic acids is 1. The first kappa shape index (κ1) is 16.4. The molecule has 2 aliphatic rings. The van der Waals surface area contributed by atoms with E-state index in [0.717, 1.165) is 12.1 Å². The fraction of sp³-hybridized carbons (Fsp3) is 0.471. The Hall–Kier alpha value is -2.12. The van der Waals surface area contributed by atoms with Crippen LogP contribution in [0.2, 0.25) is 5.02 Å². The molecule has 4 rings (SSSR count). The average molecular weight is 363 g/mol. The molecule has 8 heteroatoms. The number of hydrogen-bond donors (Lipinski definition) is 0. The molecule has 2 atom stereocenters. The van der Waals surface area contributed by atoms with Crippen molar-refractivity contribution in [3.05, 3.63) is 40.7 Å². The molecule has 7 nitrogen and oxygen atoms in total. The Morgan fingerprint density at radius 3 is 3.16 bits per heavy atom. The van der Waals surface area contributed by atoms with Gasteiger partial charge in [0.05, 0.1) is 42.3 Å². The second-order valence-electron chi connectivity index (χ2n) is 6.20. The van der Waals surface area contributed by atoms with Gasteiger partial charge in [0, 0.05) is 18.7 Å². The number of piperidine rings is 1. The normalized spacial score (nSPS) is 22.2. The zero-order chi connectivity index (χ0) is 17.4. The van der Waals surface area contributed by atoms with Gasteiger partial charge in [-0.15, -0.1) is 5.10 Å². The van der Waals surface area contributed by atoms with Crippen LogP contribution in [-0.4, -0.2) is 51.6 Å². The smallest absolute Gasteiger partial charge is 0.253 e. The van der Waals surface area contributed by atoms with E-state index in [9.17, 15) is 4.79 Å². The second-order valence-corrected chi connectivity index (χ2v) is 6.61. The fourth-order valence-electron chi connectivity index (χ4n) is 3.45. The highest BCUT2D eigenvalue weighted by atomic mass is 35.5. The standard InChI is InChI=1S/C17H19ClN4O3/c1-2-24-15-4-3-11(7-13(15)18)17(23)21-6-5-16-14(9-21)22-12(10-25-16)8-19-20-22/h3-4,7-8,14,16H,2,5-6,9-10H2,1H3/t14-,16+/m0/s1. The van der Waals surface area contributed by atoms with E-state index in [0.29, 0.717) is 42.6 Å². The number of benzene rings is 1. The molecule has 0 unspecified atom stereocenters. The molecule has 0 saturated carbocycles. The quantitative estimate of drug-likeness (QED) is 0.838. The van der Waals surface area contributed by atoms with Crippen molar-refractivity contribution < 1.29 is 14.3 Å². The molecule has 2 aromatic rings. The molecule has 25 heavy (non-hydrogen) atoms. The number of aromatic nitrogens is 3. The van der Waals surface area contributed by atoms with Gasteiger partial charge in [0.25, 0.3) is 5.91 Å². The van der Waals surface area contributed by atoms with Crippen molar-refractivity contribution in [2.45, 2.75) is 32.1 Å². The minimum Gasteiger partial charge on any atom is -0.492 e. The topological polar surface area (TPSA) is 69.5 Å². The van der Waals surface area contributed by atoms with Gasteiger partial charge in [0.15, 0.2) is 0 Å². The molecule has 1 fully saturated rings. The molecule has 0 spiro atoms. The SMILES string of the molecule is CCOc1ccc(C(=O)N2CC[C@H]3OCc4cnnn4[C@H]3C2)cc1Cl. The van der Waals surface area contributed by atoms with Crippen LogP contribution in [0, 0.1) is 0 Å². The fourth-order valence-corrected chi connectivity index (χ4v) is 3.69. The number of halogens is 1. The molecule has 3 heterocycles. The first-order valence-electron chi connectivity index (χ1n) is 8.39. The van der Waals surface area contributed by atoms with E-state index in [-0.39, 0.29) is 18.1 Å². The van der Waals surface area contributed by atoms with Gasteiger partial charge < -0.3 is 14.4 Å². The summed E-state index contributed by atoms with van der Waals surface area (Å²) in [6.45, 7) is 4.14. The number of hydrogen-bond acceptors (Lipinski definition) is 5. The molecule has 132 valence electrons. The van der Waals surface area contributed by atoms with Gasteiger partial charge >= 0.3 is 0 Å². The molecule has 1 aromatic carbocycles. The Labute approximate surface area is 150 Å². The van der Waals surface area contributed by atoms with E-state index in [1.54, 1.807) is 24.4 Å². The first-order chi connectivity index (χ1) is 12.2. The Morgan fingerprint density at radius 1 is 1.48 bits per heavy atom. The lowest BCUT2D eigenvalue weighted by atomic mass is 9.99. The highest BCUT2D eigenvalue weighted by Gasteiger charge is 2.38. The third-order valence-corrected chi connectivity index (χ3v) is 4.99. The first-order valence-corrected chi connectivity index (χ1v) is 8.77. The van der Waals surface area contributed by atoms with Crippen LogP contribution in [0.15, 0.2) is 24.4 Å². The summed E-state index contributed by atoms with van der Waals surface area (Å²) in [6, 6.07) is 5.16. The molecule has 0 aliphatic carbocycles. The van der Waals surface area contributed by atoms with E-state index in [1.807, 2.05) is 16.5 Å². The average Bonchev–Trinajstić information content (AvgIpc) is 3.12. The van der Waals surface area contributed by atoms with Gasteiger partial charge in [-0.05, 0) is 31.5 Å². The van der Waals surface area contributed by atoms with Gasteiger partial charge in [0.1, 0.15) is 5.75 Å². The zero-order valence-corrected chi connectivity index (χ0v) is 14.6. The minimum absolute atomic E-state index is 0.00196. The Balaban J connectivity index is 1.53. The van der Waals surface area contributed by atoms with Crippen LogP contribution in [0.25, 0.3) is 0 Å². The summed E-state index contributed by atoms with van der Waals surface area (Å²) in [6.07, 6.45) is 2.56. The summed E-state index contributed by atoms with van der Waals surface area (Å²) in [5, 5.41) is 8.57. The monoisotopic (exact) mass is 362 g/mol. The van der Waals surface area contributed by atoms with Gasteiger partial charge in [-0.25, -0.2) is 4.68 Å². The maximum absolute atomic E-state index is 12.9. The third kappa shape index (κ3) is 2.98. The molecule has 1 amide bonds. The van der Waals surface area contributed by atoms with Crippen molar-refractivity contribution in [3.8, 4) is 5.75 Å². The van der Waals surface area contributed by atoms with Crippen LogP contribution < -0.4 is 4.74 Å². The number of likely N-dealkylation sites (tertiary alicyclic amines) is 1. The van der Waals surface area contributed by atoms with Crippen LogP contribution in [-0.2, 0) is 11.3 Å². The molecule has 2 aliphatic heterocycles. The van der Waals surface area contributed by atoms with Crippen LogP contribution in [0.1, 0.15) is 35.4 Å². The molecule has 1 saturated heterocycles. The van der Waals surface area contributed by atoms with Crippen molar-refractivity contribution >= 4 is 17.5 Å². The van der Waals surface area contributed by atoms with Crippen molar-refractivity contribution in [1.29, 1.82) is 0 Å². The summed E-state index contributed by atoms with van der Waals surface area (Å²) in [7, 11) is 0. The predicted octanol–water partition coefficient (Wildman–Crippen LogP) is 2.32. The lowest BCUT2D eigenvalue weighted by molar-refractivity contribution is -0.0605. The molecule has 0 bridgehead atoms. The van der Waals surface area contributed by atoms with Gasteiger partial charge in [0.2, 0.25) is 0 Å². The number of ether oxygens (including phenoxy) is 2. The predicted molar refractivity (Wildman–Crippen MR) is 90.8 cm³/mol. The Kier molecular flexibility index (Phi) is 4.35. The molecular formula is C17H19ClN4O3. The van der Waals surface area contributed by atoms with E-state index in [2.05, 4.69) is 10.3 Å². The minimum atomic E-state index is -0.0457.